The van der Waals surface area contributed by atoms with E-state index in [1.165, 1.54) is 12.3 Å². The predicted octanol–water partition coefficient (Wildman–Crippen LogP) is 3.62. The number of anilines is 1. The quantitative estimate of drug-likeness (QED) is 0.911. The van der Waals surface area contributed by atoms with Crippen molar-refractivity contribution in [1.82, 2.24) is 4.98 Å². The molecule has 2 aromatic rings. The molecule has 1 N–H and O–H groups in total. The number of nitrogens with one attached hydrogen (secondary N) is 1. The van der Waals surface area contributed by atoms with Crippen molar-refractivity contribution >= 4 is 39.1 Å². The molecule has 0 saturated heterocycles. The van der Waals surface area contributed by atoms with E-state index in [2.05, 4.69) is 26.2 Å². The van der Waals surface area contributed by atoms with Crippen LogP contribution in [0.25, 0.3) is 0 Å². The van der Waals surface area contributed by atoms with Gasteiger partial charge < -0.3 is 5.32 Å². The fourth-order valence-corrected chi connectivity index (χ4v) is 2.01. The minimum absolute atomic E-state index is 0.297. The first-order valence-electron chi connectivity index (χ1n) is 5.21. The van der Waals surface area contributed by atoms with Crippen molar-refractivity contribution in [2.75, 3.05) is 5.32 Å². The number of aromatic nitrogens is 1. The number of nitriles is 1. The standard InChI is InChI=1S/C13H7BrClN3O/c14-10-3-9(6-17-7-10)13(19)18-11-2-1-8(5-16)12(15)4-11/h1-4,6-7H,(H,18,19). The Balaban J connectivity index is 2.20. The molecule has 94 valence electrons. The van der Waals surface area contributed by atoms with Gasteiger partial charge >= 0.3 is 0 Å². The summed E-state index contributed by atoms with van der Waals surface area (Å²) in [5.41, 5.74) is 1.31. The highest BCUT2D eigenvalue weighted by atomic mass is 79.9. The van der Waals surface area contributed by atoms with E-state index in [1.54, 1.807) is 24.4 Å². The zero-order valence-electron chi connectivity index (χ0n) is 9.52. The van der Waals surface area contributed by atoms with E-state index in [-0.39, 0.29) is 5.91 Å². The molecule has 0 aliphatic carbocycles. The van der Waals surface area contributed by atoms with Gasteiger partial charge in [0.15, 0.2) is 0 Å². The molecule has 0 atom stereocenters. The minimum Gasteiger partial charge on any atom is -0.322 e. The van der Waals surface area contributed by atoms with Gasteiger partial charge in [0.25, 0.3) is 5.91 Å². The Morgan fingerprint density at radius 2 is 2.16 bits per heavy atom. The largest absolute Gasteiger partial charge is 0.322 e. The maximum absolute atomic E-state index is 12.0. The van der Waals surface area contributed by atoms with Crippen LogP contribution in [0.3, 0.4) is 0 Å². The summed E-state index contributed by atoms with van der Waals surface area (Å²) in [6.45, 7) is 0. The number of carbonyl (C=O) groups is 1. The Labute approximate surface area is 123 Å². The van der Waals surface area contributed by atoms with E-state index in [0.29, 0.717) is 21.8 Å². The van der Waals surface area contributed by atoms with E-state index in [9.17, 15) is 4.79 Å². The van der Waals surface area contributed by atoms with E-state index in [0.717, 1.165) is 4.47 Å². The van der Waals surface area contributed by atoms with Crippen molar-refractivity contribution < 1.29 is 4.79 Å². The molecule has 1 amide bonds. The molecule has 4 nitrogen and oxygen atoms in total. The molecule has 6 heteroatoms. The van der Waals surface area contributed by atoms with E-state index in [4.69, 9.17) is 16.9 Å². The molecule has 0 saturated carbocycles. The van der Waals surface area contributed by atoms with Crippen LogP contribution in [0.1, 0.15) is 15.9 Å². The van der Waals surface area contributed by atoms with Gasteiger partial charge in [-0.3, -0.25) is 9.78 Å². The van der Waals surface area contributed by atoms with Crippen molar-refractivity contribution in [1.29, 1.82) is 5.26 Å². The van der Waals surface area contributed by atoms with Crippen molar-refractivity contribution in [3.63, 3.8) is 0 Å². The summed E-state index contributed by atoms with van der Waals surface area (Å²) in [6.07, 6.45) is 3.06. The van der Waals surface area contributed by atoms with Crippen LogP contribution in [0.5, 0.6) is 0 Å². The van der Waals surface area contributed by atoms with Crippen LogP contribution in [0.2, 0.25) is 5.02 Å². The number of nitrogens with zero attached hydrogens (tertiary/aromatic N) is 2. The molecule has 0 unspecified atom stereocenters. The van der Waals surface area contributed by atoms with Gasteiger partial charge in [-0.2, -0.15) is 5.26 Å². The minimum atomic E-state index is -0.297. The van der Waals surface area contributed by atoms with Crippen LogP contribution >= 0.6 is 27.5 Å². The van der Waals surface area contributed by atoms with Gasteiger partial charge in [0, 0.05) is 22.6 Å². The molecule has 1 heterocycles. The number of hydrogen-bond donors (Lipinski definition) is 1. The summed E-state index contributed by atoms with van der Waals surface area (Å²) in [5.74, 6) is -0.297. The second-order valence-corrected chi connectivity index (χ2v) is 4.98. The van der Waals surface area contributed by atoms with Crippen LogP contribution in [-0.4, -0.2) is 10.9 Å². The fraction of sp³-hybridized carbons (Fsp3) is 0. The Hall–Kier alpha value is -1.90. The molecule has 0 bridgehead atoms. The van der Waals surface area contributed by atoms with E-state index < -0.39 is 0 Å². The second kappa shape index (κ2) is 5.83. The second-order valence-electron chi connectivity index (χ2n) is 3.65. The molecular formula is C13H7BrClN3O. The molecule has 0 fully saturated rings. The molecule has 1 aromatic carbocycles. The molecular weight excluding hydrogens is 330 g/mol. The summed E-state index contributed by atoms with van der Waals surface area (Å²) in [5, 5.41) is 11.7. The zero-order chi connectivity index (χ0) is 13.8. The first-order valence-corrected chi connectivity index (χ1v) is 6.39. The van der Waals surface area contributed by atoms with Gasteiger partial charge in [0.05, 0.1) is 16.1 Å². The molecule has 0 aliphatic rings. The fourth-order valence-electron chi connectivity index (χ4n) is 1.42. The molecule has 19 heavy (non-hydrogen) atoms. The highest BCUT2D eigenvalue weighted by Crippen LogP contribution is 2.21. The van der Waals surface area contributed by atoms with Crippen LogP contribution in [0, 0.1) is 11.3 Å². The zero-order valence-corrected chi connectivity index (χ0v) is 11.9. The van der Waals surface area contributed by atoms with Gasteiger partial charge in [-0.15, -0.1) is 0 Å². The number of benzene rings is 1. The SMILES string of the molecule is N#Cc1ccc(NC(=O)c2cncc(Br)c2)cc1Cl. The van der Waals surface area contributed by atoms with Crippen LogP contribution < -0.4 is 5.32 Å². The summed E-state index contributed by atoms with van der Waals surface area (Å²) >= 11 is 9.14. The summed E-state index contributed by atoms with van der Waals surface area (Å²) in [7, 11) is 0. The Kier molecular flexibility index (Phi) is 4.15. The maximum atomic E-state index is 12.0. The average Bonchev–Trinajstić information content (AvgIpc) is 2.39. The smallest absolute Gasteiger partial charge is 0.257 e. The van der Waals surface area contributed by atoms with Crippen molar-refractivity contribution in [2.45, 2.75) is 0 Å². The number of amides is 1. The first kappa shape index (κ1) is 13.5. The third kappa shape index (κ3) is 3.31. The molecule has 0 radical (unpaired) electrons. The highest BCUT2D eigenvalue weighted by molar-refractivity contribution is 9.10. The maximum Gasteiger partial charge on any atom is 0.257 e. The normalized spacial score (nSPS) is 9.74. The molecule has 2 rings (SSSR count). The van der Waals surface area contributed by atoms with Gasteiger partial charge in [-0.1, -0.05) is 11.6 Å². The van der Waals surface area contributed by atoms with Crippen LogP contribution in [-0.2, 0) is 0 Å². The third-order valence-electron chi connectivity index (χ3n) is 2.31. The number of pyridine rings is 1. The van der Waals surface area contributed by atoms with E-state index in [1.807, 2.05) is 6.07 Å². The van der Waals surface area contributed by atoms with Gasteiger partial charge in [0.2, 0.25) is 0 Å². The number of carbonyl (C=O) groups excluding carboxylic acids is 1. The third-order valence-corrected chi connectivity index (χ3v) is 3.06. The average molecular weight is 337 g/mol. The first-order chi connectivity index (χ1) is 9.10. The highest BCUT2D eigenvalue weighted by Gasteiger charge is 2.08. The van der Waals surface area contributed by atoms with Crippen LogP contribution in [0.15, 0.2) is 41.1 Å². The van der Waals surface area contributed by atoms with Gasteiger partial charge in [0.1, 0.15) is 6.07 Å². The van der Waals surface area contributed by atoms with Gasteiger partial charge in [-0.25, -0.2) is 0 Å². The topological polar surface area (TPSA) is 65.8 Å². The molecule has 0 spiro atoms. The number of halogens is 2. The Bertz CT molecular complexity index is 682. The summed E-state index contributed by atoms with van der Waals surface area (Å²) in [4.78, 5) is 15.9. The van der Waals surface area contributed by atoms with Crippen molar-refractivity contribution in [3.8, 4) is 6.07 Å². The summed E-state index contributed by atoms with van der Waals surface area (Å²) in [6, 6.07) is 8.32. The van der Waals surface area contributed by atoms with Gasteiger partial charge in [-0.05, 0) is 40.2 Å². The number of rotatable bonds is 2. The van der Waals surface area contributed by atoms with Crippen molar-refractivity contribution in [2.24, 2.45) is 0 Å². The predicted molar refractivity (Wildman–Crippen MR) is 76.1 cm³/mol. The Morgan fingerprint density at radius 3 is 2.79 bits per heavy atom. The monoisotopic (exact) mass is 335 g/mol. The molecule has 1 aromatic heterocycles. The lowest BCUT2D eigenvalue weighted by Gasteiger charge is -2.06. The summed E-state index contributed by atoms with van der Waals surface area (Å²) < 4.78 is 0.720. The lowest BCUT2D eigenvalue weighted by atomic mass is 10.2. The van der Waals surface area contributed by atoms with Crippen LogP contribution in [0.4, 0.5) is 5.69 Å². The Morgan fingerprint density at radius 1 is 1.37 bits per heavy atom. The lowest BCUT2D eigenvalue weighted by Crippen LogP contribution is -2.12. The molecule has 0 aliphatic heterocycles. The number of hydrogen-bond acceptors (Lipinski definition) is 3. The van der Waals surface area contributed by atoms with Crippen molar-refractivity contribution in [3.05, 3.63) is 57.3 Å². The lowest BCUT2D eigenvalue weighted by molar-refractivity contribution is 0.102. The van der Waals surface area contributed by atoms with E-state index >= 15 is 0 Å².